The van der Waals surface area contributed by atoms with E-state index in [1.807, 2.05) is 6.07 Å². The van der Waals surface area contributed by atoms with Crippen molar-refractivity contribution in [2.24, 2.45) is 0 Å². The lowest BCUT2D eigenvalue weighted by Crippen LogP contribution is -2.18. The molecule has 0 amide bonds. The van der Waals surface area contributed by atoms with Crippen LogP contribution in [0.15, 0.2) is 34.1 Å². The van der Waals surface area contributed by atoms with E-state index in [4.69, 9.17) is 0 Å². The molecule has 0 spiro atoms. The van der Waals surface area contributed by atoms with Crippen molar-refractivity contribution in [3.63, 3.8) is 0 Å². The molecule has 0 radical (unpaired) electrons. The summed E-state index contributed by atoms with van der Waals surface area (Å²) in [6, 6.07) is 8.26. The fourth-order valence-corrected chi connectivity index (χ4v) is 3.96. The second-order valence-electron chi connectivity index (χ2n) is 4.51. The third-order valence-electron chi connectivity index (χ3n) is 3.45. The van der Waals surface area contributed by atoms with Crippen LogP contribution in [0, 0.1) is 0 Å². The molecule has 1 heterocycles. The van der Waals surface area contributed by atoms with Crippen LogP contribution < -0.4 is 5.32 Å². The molecule has 1 aliphatic rings. The van der Waals surface area contributed by atoms with Gasteiger partial charge in [0.15, 0.2) is 0 Å². The lowest BCUT2D eigenvalue weighted by molar-refractivity contribution is 0.469. The van der Waals surface area contributed by atoms with Crippen LogP contribution in [0.25, 0.3) is 0 Å². The van der Waals surface area contributed by atoms with Crippen molar-refractivity contribution in [1.29, 1.82) is 0 Å². The minimum atomic E-state index is 0.362. The molecule has 2 aromatic rings. The normalized spacial score (nSPS) is 17.9. The Labute approximate surface area is 119 Å². The predicted octanol–water partition coefficient (Wildman–Crippen LogP) is 3.99. The Morgan fingerprint density at radius 2 is 2.28 bits per heavy atom. The maximum Gasteiger partial charge on any atom is 0.119 e. The molecular weight excluding hydrogens is 310 g/mol. The zero-order valence-electron chi connectivity index (χ0n) is 9.82. The third-order valence-corrected chi connectivity index (χ3v) is 5.37. The van der Waals surface area contributed by atoms with E-state index in [1.165, 1.54) is 14.9 Å². The van der Waals surface area contributed by atoms with Gasteiger partial charge in [0.1, 0.15) is 5.75 Å². The number of hydrogen-bond acceptors (Lipinski definition) is 3. The molecule has 1 unspecified atom stereocenters. The van der Waals surface area contributed by atoms with Gasteiger partial charge in [-0.25, -0.2) is 0 Å². The van der Waals surface area contributed by atoms with Crippen LogP contribution in [0.4, 0.5) is 0 Å². The Kier molecular flexibility index (Phi) is 3.41. The van der Waals surface area contributed by atoms with Crippen molar-refractivity contribution >= 4 is 27.3 Å². The summed E-state index contributed by atoms with van der Waals surface area (Å²) in [5, 5.41) is 15.5. The zero-order chi connectivity index (χ0) is 12.5. The zero-order valence-corrected chi connectivity index (χ0v) is 12.2. The van der Waals surface area contributed by atoms with Gasteiger partial charge in [-0.1, -0.05) is 12.1 Å². The Morgan fingerprint density at radius 1 is 1.39 bits per heavy atom. The second kappa shape index (κ2) is 5.03. The van der Waals surface area contributed by atoms with Gasteiger partial charge in [0, 0.05) is 21.9 Å². The van der Waals surface area contributed by atoms with Crippen LogP contribution in [0.3, 0.4) is 0 Å². The number of halogens is 1. The smallest absolute Gasteiger partial charge is 0.119 e. The van der Waals surface area contributed by atoms with E-state index in [-0.39, 0.29) is 0 Å². The van der Waals surface area contributed by atoms with Crippen LogP contribution in [-0.4, -0.2) is 5.11 Å². The average molecular weight is 324 g/mol. The molecule has 2 nitrogen and oxygen atoms in total. The van der Waals surface area contributed by atoms with Crippen LogP contribution in [0.2, 0.25) is 0 Å². The van der Waals surface area contributed by atoms with Crippen molar-refractivity contribution in [2.75, 3.05) is 0 Å². The summed E-state index contributed by atoms with van der Waals surface area (Å²) in [5.74, 6) is 0.439. The average Bonchev–Trinajstić information content (AvgIpc) is 2.94. The van der Waals surface area contributed by atoms with Crippen molar-refractivity contribution in [3.05, 3.63) is 50.1 Å². The summed E-state index contributed by atoms with van der Waals surface area (Å²) >= 11 is 5.31. The molecule has 0 bridgehead atoms. The predicted molar refractivity (Wildman–Crippen MR) is 78.0 cm³/mol. The van der Waals surface area contributed by atoms with Gasteiger partial charge in [-0.05, 0) is 57.4 Å². The van der Waals surface area contributed by atoms with Gasteiger partial charge in [-0.2, -0.15) is 0 Å². The van der Waals surface area contributed by atoms with Crippen LogP contribution in [-0.2, 0) is 13.0 Å². The van der Waals surface area contributed by atoms with Crippen LogP contribution in [0.1, 0.15) is 28.5 Å². The molecule has 1 aromatic heterocycles. The van der Waals surface area contributed by atoms with Gasteiger partial charge in [0.25, 0.3) is 0 Å². The Morgan fingerprint density at radius 3 is 3.06 bits per heavy atom. The quantitative estimate of drug-likeness (QED) is 0.895. The summed E-state index contributed by atoms with van der Waals surface area (Å²) in [5.41, 5.74) is 2.36. The molecule has 4 heteroatoms. The highest BCUT2D eigenvalue weighted by molar-refractivity contribution is 9.10. The summed E-state index contributed by atoms with van der Waals surface area (Å²) in [4.78, 5) is 1.32. The molecule has 0 aliphatic heterocycles. The largest absolute Gasteiger partial charge is 0.508 e. The lowest BCUT2D eigenvalue weighted by Gasteiger charge is -2.13. The Balaban J connectivity index is 1.74. The van der Waals surface area contributed by atoms with E-state index in [1.54, 1.807) is 17.4 Å². The fraction of sp³-hybridized carbons (Fsp3) is 0.286. The highest BCUT2D eigenvalue weighted by Crippen LogP contribution is 2.36. The molecule has 1 aromatic carbocycles. The van der Waals surface area contributed by atoms with Gasteiger partial charge >= 0.3 is 0 Å². The molecule has 1 aliphatic carbocycles. The second-order valence-corrected chi connectivity index (χ2v) is 6.36. The number of phenolic OH excluding ortho intramolecular Hbond substituents is 1. The first-order valence-electron chi connectivity index (χ1n) is 6.01. The lowest BCUT2D eigenvalue weighted by atomic mass is 10.1. The number of hydrogen-bond donors (Lipinski definition) is 2. The number of thiophene rings is 1. The highest BCUT2D eigenvalue weighted by atomic mass is 79.9. The van der Waals surface area contributed by atoms with E-state index >= 15 is 0 Å². The molecule has 94 valence electrons. The molecule has 3 rings (SSSR count). The molecule has 18 heavy (non-hydrogen) atoms. The highest BCUT2D eigenvalue weighted by Gasteiger charge is 2.24. The van der Waals surface area contributed by atoms with E-state index in [9.17, 15) is 5.11 Å². The van der Waals surface area contributed by atoms with Crippen molar-refractivity contribution < 1.29 is 5.11 Å². The van der Waals surface area contributed by atoms with Crippen molar-refractivity contribution in [1.82, 2.24) is 5.32 Å². The van der Waals surface area contributed by atoms with Gasteiger partial charge in [0.2, 0.25) is 0 Å². The van der Waals surface area contributed by atoms with E-state index in [0.29, 0.717) is 11.8 Å². The van der Waals surface area contributed by atoms with E-state index in [0.717, 1.165) is 24.9 Å². The number of phenols is 1. The first kappa shape index (κ1) is 12.2. The SMILES string of the molecule is Oc1cccc2c1CCC2NCc1sccc1Br. The van der Waals surface area contributed by atoms with E-state index < -0.39 is 0 Å². The maximum atomic E-state index is 9.81. The van der Waals surface area contributed by atoms with Crippen molar-refractivity contribution in [2.45, 2.75) is 25.4 Å². The fourth-order valence-electron chi connectivity index (χ4n) is 2.51. The minimum Gasteiger partial charge on any atom is -0.508 e. The molecule has 0 fully saturated rings. The summed E-state index contributed by atoms with van der Waals surface area (Å²) < 4.78 is 1.18. The summed E-state index contributed by atoms with van der Waals surface area (Å²) in [7, 11) is 0. The first-order chi connectivity index (χ1) is 8.75. The van der Waals surface area contributed by atoms with E-state index in [2.05, 4.69) is 38.8 Å². The van der Waals surface area contributed by atoms with Gasteiger partial charge in [-0.15, -0.1) is 11.3 Å². The van der Waals surface area contributed by atoms with Gasteiger partial charge in [0.05, 0.1) is 0 Å². The molecule has 0 saturated heterocycles. The number of benzene rings is 1. The third kappa shape index (κ3) is 2.20. The topological polar surface area (TPSA) is 32.3 Å². The monoisotopic (exact) mass is 323 g/mol. The summed E-state index contributed by atoms with van der Waals surface area (Å²) in [6.07, 6.45) is 2.03. The Bertz CT molecular complexity index is 567. The number of fused-ring (bicyclic) bond motifs is 1. The first-order valence-corrected chi connectivity index (χ1v) is 7.69. The summed E-state index contributed by atoms with van der Waals surface area (Å²) in [6.45, 7) is 0.873. The number of nitrogens with one attached hydrogen (secondary N) is 1. The number of aromatic hydroxyl groups is 1. The van der Waals surface area contributed by atoms with Crippen molar-refractivity contribution in [3.8, 4) is 5.75 Å². The Hall–Kier alpha value is -0.840. The standard InChI is InChI=1S/C14H14BrNOS/c15-11-6-7-18-14(11)8-16-12-5-4-10-9(12)2-1-3-13(10)17/h1-3,6-7,12,16-17H,4-5,8H2. The van der Waals surface area contributed by atoms with Gasteiger partial charge < -0.3 is 10.4 Å². The van der Waals surface area contributed by atoms with Crippen LogP contribution >= 0.6 is 27.3 Å². The maximum absolute atomic E-state index is 9.81. The molecule has 2 N–H and O–H groups in total. The number of rotatable bonds is 3. The molecule has 0 saturated carbocycles. The van der Waals surface area contributed by atoms with Gasteiger partial charge in [-0.3, -0.25) is 0 Å². The van der Waals surface area contributed by atoms with Crippen LogP contribution in [0.5, 0.6) is 5.75 Å². The molecule has 1 atom stereocenters. The molecular formula is C14H14BrNOS. The minimum absolute atomic E-state index is 0.362.